The van der Waals surface area contributed by atoms with Crippen LogP contribution in [0.5, 0.6) is 23.0 Å². The number of ether oxygens (including phenoxy) is 4. The maximum Gasteiger partial charge on any atom is 0.261 e. The van der Waals surface area contributed by atoms with Crippen molar-refractivity contribution in [1.82, 2.24) is 9.80 Å². The number of benzene rings is 2. The second kappa shape index (κ2) is 17.3. The summed E-state index contributed by atoms with van der Waals surface area (Å²) in [6.45, 7) is 19.2. The van der Waals surface area contributed by atoms with Crippen LogP contribution in [0.4, 0.5) is 0 Å². The molecule has 0 N–H and O–H groups in total. The van der Waals surface area contributed by atoms with Crippen molar-refractivity contribution >= 4 is 45.9 Å². The van der Waals surface area contributed by atoms with Crippen LogP contribution in [0.2, 0.25) is 0 Å². The van der Waals surface area contributed by atoms with Crippen LogP contribution in [0.25, 0.3) is 11.4 Å². The lowest BCUT2D eigenvalue weighted by atomic mass is 10.1. The van der Waals surface area contributed by atoms with Crippen molar-refractivity contribution in [3.8, 4) is 23.0 Å². The van der Waals surface area contributed by atoms with Gasteiger partial charge in [0.15, 0.2) is 0 Å². The zero-order valence-corrected chi connectivity index (χ0v) is 34.3. The summed E-state index contributed by atoms with van der Waals surface area (Å²) in [5, 5.41) is 3.95. The minimum atomic E-state index is -0.234. The molecular formula is C44H52N2O6S2. The summed E-state index contributed by atoms with van der Waals surface area (Å²) in [4.78, 5) is 35.4. The number of carbonyl (C=O) groups is 2. The first-order valence-corrected chi connectivity index (χ1v) is 20.7. The topological polar surface area (TPSA) is 77.5 Å². The van der Waals surface area contributed by atoms with E-state index >= 15 is 9.59 Å². The Hall–Kier alpha value is -4.54. The smallest absolute Gasteiger partial charge is 0.261 e. The Balaban J connectivity index is 1.49. The van der Waals surface area contributed by atoms with Gasteiger partial charge in [0.25, 0.3) is 11.8 Å². The second-order valence-electron chi connectivity index (χ2n) is 15.5. The molecule has 2 aromatic heterocycles. The Morgan fingerprint density at radius 3 is 1.06 bits per heavy atom. The van der Waals surface area contributed by atoms with Gasteiger partial charge in [-0.1, -0.05) is 79.7 Å². The minimum absolute atomic E-state index is 0.171. The van der Waals surface area contributed by atoms with Gasteiger partial charge in [0, 0.05) is 0 Å². The zero-order valence-electron chi connectivity index (χ0n) is 32.6. The number of amides is 2. The summed E-state index contributed by atoms with van der Waals surface area (Å²) in [5.74, 6) is 3.39. The lowest BCUT2D eigenvalue weighted by Crippen LogP contribution is -2.30. The molecule has 8 nitrogen and oxygen atoms in total. The van der Waals surface area contributed by atoms with Gasteiger partial charge in [-0.2, -0.15) is 0 Å². The highest BCUT2D eigenvalue weighted by Gasteiger charge is 2.50. The Kier molecular flexibility index (Phi) is 12.5. The highest BCUT2D eigenvalue weighted by atomic mass is 32.1. The van der Waals surface area contributed by atoms with Crippen molar-refractivity contribution in [2.45, 2.75) is 68.5 Å². The SMILES string of the molecule is CC(C)COc1cccc(OCC(C)C)c1CN1C(=O)C2=C(c3cccs3)N(Cc3c(OCC(C)C)cccc3OCC(C)C)C(=O)C2=C1c1cccs1. The summed E-state index contributed by atoms with van der Waals surface area (Å²) in [6, 6.07) is 19.4. The minimum Gasteiger partial charge on any atom is -0.493 e. The van der Waals surface area contributed by atoms with Gasteiger partial charge in [0.2, 0.25) is 0 Å². The molecule has 0 unspecified atom stereocenters. The number of thiophene rings is 2. The molecule has 0 atom stereocenters. The average Bonchev–Trinajstić information content (AvgIpc) is 3.94. The van der Waals surface area contributed by atoms with Crippen molar-refractivity contribution in [1.29, 1.82) is 0 Å². The fourth-order valence-electron chi connectivity index (χ4n) is 6.32. The van der Waals surface area contributed by atoms with E-state index in [9.17, 15) is 0 Å². The molecule has 0 bridgehead atoms. The van der Waals surface area contributed by atoms with Gasteiger partial charge in [-0.15, -0.1) is 22.7 Å². The molecule has 0 spiro atoms. The van der Waals surface area contributed by atoms with Crippen LogP contribution in [-0.4, -0.2) is 48.0 Å². The summed E-state index contributed by atoms with van der Waals surface area (Å²) < 4.78 is 25.4. The largest absolute Gasteiger partial charge is 0.493 e. The molecule has 286 valence electrons. The average molecular weight is 769 g/mol. The fourth-order valence-corrected chi connectivity index (χ4v) is 7.89. The van der Waals surface area contributed by atoms with E-state index < -0.39 is 0 Å². The number of nitrogens with zero attached hydrogens (tertiary/aromatic N) is 2. The molecule has 2 aromatic carbocycles. The van der Waals surface area contributed by atoms with Gasteiger partial charge in [-0.05, 0) is 70.8 Å². The molecule has 0 radical (unpaired) electrons. The molecule has 54 heavy (non-hydrogen) atoms. The molecule has 10 heteroatoms. The predicted molar refractivity (Wildman–Crippen MR) is 218 cm³/mol. The van der Waals surface area contributed by atoms with E-state index in [2.05, 4.69) is 55.4 Å². The first kappa shape index (κ1) is 39.2. The Morgan fingerprint density at radius 2 is 0.796 bits per heavy atom. The van der Waals surface area contributed by atoms with E-state index in [4.69, 9.17) is 18.9 Å². The third kappa shape index (κ3) is 8.55. The number of fused-ring (bicyclic) bond motifs is 1. The summed E-state index contributed by atoms with van der Waals surface area (Å²) in [6.07, 6.45) is 0. The van der Waals surface area contributed by atoms with E-state index in [0.29, 0.717) is 95.6 Å². The maximum atomic E-state index is 15.1. The van der Waals surface area contributed by atoms with Gasteiger partial charge < -0.3 is 28.7 Å². The second-order valence-corrected chi connectivity index (χ2v) is 17.4. The molecule has 2 amide bonds. The summed E-state index contributed by atoms with van der Waals surface area (Å²) in [5.41, 5.74) is 3.55. The Labute approximate surface area is 328 Å². The summed E-state index contributed by atoms with van der Waals surface area (Å²) >= 11 is 3.01. The third-order valence-electron chi connectivity index (χ3n) is 8.79. The first-order valence-electron chi connectivity index (χ1n) is 18.9. The first-order chi connectivity index (χ1) is 25.9. The van der Waals surface area contributed by atoms with Crippen LogP contribution < -0.4 is 18.9 Å². The molecular weight excluding hydrogens is 717 g/mol. The standard InChI is InChI=1S/C44H52N2O6S2/c1-27(2)23-49-33-13-9-14-34(50-24-28(3)4)31(33)21-45-41(37-17-11-19-53-37)39-40(43(45)47)42(38-18-12-20-54-38)46(44(39)48)22-32-35(51-25-29(5)6)15-10-16-36(32)52-26-30(7)8/h9-20,27-30H,21-26H2,1-8H3. The molecule has 2 aliphatic rings. The van der Waals surface area contributed by atoms with Crippen LogP contribution in [0.15, 0.2) is 82.6 Å². The maximum absolute atomic E-state index is 15.1. The quantitative estimate of drug-likeness (QED) is 0.100. The molecule has 6 rings (SSSR count). The van der Waals surface area contributed by atoms with Gasteiger partial charge in [-0.3, -0.25) is 9.59 Å². The molecule has 4 heterocycles. The van der Waals surface area contributed by atoms with Crippen LogP contribution >= 0.6 is 22.7 Å². The van der Waals surface area contributed by atoms with E-state index in [0.717, 1.165) is 20.9 Å². The highest BCUT2D eigenvalue weighted by Crippen LogP contribution is 2.50. The van der Waals surface area contributed by atoms with E-state index in [1.54, 1.807) is 9.80 Å². The van der Waals surface area contributed by atoms with Crippen LogP contribution in [0, 0.1) is 23.7 Å². The lowest BCUT2D eigenvalue weighted by molar-refractivity contribution is -0.124. The predicted octanol–water partition coefficient (Wildman–Crippen LogP) is 10.2. The molecule has 4 aromatic rings. The van der Waals surface area contributed by atoms with E-state index in [1.165, 1.54) is 22.7 Å². The number of carbonyl (C=O) groups excluding carboxylic acids is 2. The third-order valence-corrected chi connectivity index (χ3v) is 10.5. The number of rotatable bonds is 18. The van der Waals surface area contributed by atoms with Crippen LogP contribution in [0.3, 0.4) is 0 Å². The fraction of sp³-hybridized carbons (Fsp3) is 0.409. The Bertz CT molecular complexity index is 1790. The van der Waals surface area contributed by atoms with E-state index in [-0.39, 0.29) is 24.9 Å². The lowest BCUT2D eigenvalue weighted by Gasteiger charge is -2.27. The van der Waals surface area contributed by atoms with Gasteiger partial charge >= 0.3 is 0 Å². The monoisotopic (exact) mass is 768 g/mol. The van der Waals surface area contributed by atoms with E-state index in [1.807, 2.05) is 71.4 Å². The molecule has 0 saturated heterocycles. The van der Waals surface area contributed by atoms with Gasteiger partial charge in [0.1, 0.15) is 23.0 Å². The van der Waals surface area contributed by atoms with Gasteiger partial charge in [0.05, 0.1) is 82.9 Å². The van der Waals surface area contributed by atoms with Crippen LogP contribution in [-0.2, 0) is 22.7 Å². The van der Waals surface area contributed by atoms with Crippen molar-refractivity contribution in [2.24, 2.45) is 23.7 Å². The molecule has 0 saturated carbocycles. The van der Waals surface area contributed by atoms with Crippen molar-refractivity contribution in [2.75, 3.05) is 26.4 Å². The number of hydrogen-bond acceptors (Lipinski definition) is 8. The van der Waals surface area contributed by atoms with Crippen molar-refractivity contribution in [3.63, 3.8) is 0 Å². The highest BCUT2D eigenvalue weighted by molar-refractivity contribution is 7.11. The molecule has 2 aliphatic heterocycles. The Morgan fingerprint density at radius 1 is 0.481 bits per heavy atom. The van der Waals surface area contributed by atoms with Crippen LogP contribution in [0.1, 0.15) is 76.3 Å². The van der Waals surface area contributed by atoms with Crippen molar-refractivity contribution < 1.29 is 28.5 Å². The normalized spacial score (nSPS) is 14.5. The molecule has 0 fully saturated rings. The molecule has 0 aliphatic carbocycles. The summed E-state index contributed by atoms with van der Waals surface area (Å²) in [7, 11) is 0. The van der Waals surface area contributed by atoms with Crippen molar-refractivity contribution in [3.05, 3.63) is 103 Å². The van der Waals surface area contributed by atoms with Gasteiger partial charge in [-0.25, -0.2) is 0 Å². The zero-order chi connectivity index (χ0) is 38.5. The number of hydrogen-bond donors (Lipinski definition) is 0.